The van der Waals surface area contributed by atoms with E-state index in [4.69, 9.17) is 22.7 Å². The van der Waals surface area contributed by atoms with Gasteiger partial charge in [-0.3, -0.25) is 4.79 Å². The quantitative estimate of drug-likeness (QED) is 0.816. The highest BCUT2D eigenvalue weighted by atomic mass is 32.1. The second kappa shape index (κ2) is 6.70. The van der Waals surface area contributed by atoms with Crippen LogP contribution in [0.15, 0.2) is 30.3 Å². The molecule has 0 radical (unpaired) electrons. The predicted molar refractivity (Wildman–Crippen MR) is 82.7 cm³/mol. The lowest BCUT2D eigenvalue weighted by Gasteiger charge is -2.37. The molecule has 3 N–H and O–H groups in total. The first-order valence-electron chi connectivity index (χ1n) is 6.91. The van der Waals surface area contributed by atoms with Crippen molar-refractivity contribution in [1.29, 1.82) is 0 Å². The largest absolute Gasteiger partial charge is 0.484 e. The fraction of sp³-hybridized carbons (Fsp3) is 0.467. The van der Waals surface area contributed by atoms with Gasteiger partial charge in [0, 0.05) is 0 Å². The Balaban J connectivity index is 1.90. The van der Waals surface area contributed by atoms with Gasteiger partial charge in [-0.1, -0.05) is 49.7 Å². The van der Waals surface area contributed by atoms with E-state index in [-0.39, 0.29) is 12.5 Å². The molecule has 0 atom stereocenters. The number of ether oxygens (including phenoxy) is 1. The van der Waals surface area contributed by atoms with Crippen molar-refractivity contribution >= 4 is 23.1 Å². The first-order chi connectivity index (χ1) is 9.62. The van der Waals surface area contributed by atoms with Crippen molar-refractivity contribution in [3.63, 3.8) is 0 Å². The first kappa shape index (κ1) is 14.8. The number of hydrogen-bond acceptors (Lipinski definition) is 3. The number of carbonyl (C=O) groups is 1. The Morgan fingerprint density at radius 3 is 2.50 bits per heavy atom. The van der Waals surface area contributed by atoms with Crippen LogP contribution in [0.25, 0.3) is 0 Å². The molecule has 0 unspecified atom stereocenters. The number of amides is 1. The maximum Gasteiger partial charge on any atom is 0.258 e. The van der Waals surface area contributed by atoms with Gasteiger partial charge in [0.2, 0.25) is 0 Å². The summed E-state index contributed by atoms with van der Waals surface area (Å²) in [6, 6.07) is 9.26. The Bertz CT molecular complexity index is 470. The van der Waals surface area contributed by atoms with Crippen LogP contribution in [0, 0.1) is 0 Å². The van der Waals surface area contributed by atoms with Gasteiger partial charge < -0.3 is 15.8 Å². The Labute approximate surface area is 124 Å². The van der Waals surface area contributed by atoms with E-state index in [1.165, 1.54) is 6.42 Å². The Kier molecular flexibility index (Phi) is 4.95. The van der Waals surface area contributed by atoms with E-state index in [1.807, 2.05) is 30.3 Å². The Hall–Kier alpha value is -1.62. The Morgan fingerprint density at radius 1 is 1.25 bits per heavy atom. The summed E-state index contributed by atoms with van der Waals surface area (Å²) in [4.78, 5) is 12.4. The van der Waals surface area contributed by atoms with Gasteiger partial charge in [0.1, 0.15) is 5.75 Å². The van der Waals surface area contributed by atoms with Gasteiger partial charge in [-0.15, -0.1) is 0 Å². The summed E-state index contributed by atoms with van der Waals surface area (Å²) in [5.74, 6) is 0.499. The standard InChI is InChI=1S/C15H20N2O2S/c16-14(20)15(9-5-2-6-10-15)17-13(18)11-19-12-7-3-1-4-8-12/h1,3-4,7-8H,2,5-6,9-11H2,(H2,16,20)(H,17,18). The lowest BCUT2D eigenvalue weighted by atomic mass is 9.81. The van der Waals surface area contributed by atoms with Crippen LogP contribution in [0.2, 0.25) is 0 Å². The maximum atomic E-state index is 12.0. The SMILES string of the molecule is NC(=S)C1(NC(=O)COc2ccccc2)CCCCC1. The summed E-state index contributed by atoms with van der Waals surface area (Å²) in [6.45, 7) is -0.0195. The molecule has 1 aliphatic rings. The number of hydrogen-bond donors (Lipinski definition) is 2. The van der Waals surface area contributed by atoms with Gasteiger partial charge in [0.05, 0.1) is 10.5 Å². The van der Waals surface area contributed by atoms with E-state index >= 15 is 0 Å². The molecular formula is C15H20N2O2S. The van der Waals surface area contributed by atoms with Crippen molar-refractivity contribution in [2.45, 2.75) is 37.6 Å². The number of para-hydroxylation sites is 1. The summed E-state index contributed by atoms with van der Waals surface area (Å²) in [6.07, 6.45) is 4.88. The molecule has 1 fully saturated rings. The second-order valence-electron chi connectivity index (χ2n) is 5.16. The monoisotopic (exact) mass is 292 g/mol. The summed E-state index contributed by atoms with van der Waals surface area (Å²) in [5.41, 5.74) is 5.31. The summed E-state index contributed by atoms with van der Waals surface area (Å²) in [5, 5.41) is 2.97. The van der Waals surface area contributed by atoms with Gasteiger partial charge >= 0.3 is 0 Å². The highest BCUT2D eigenvalue weighted by molar-refractivity contribution is 7.80. The van der Waals surface area contributed by atoms with Crippen molar-refractivity contribution in [3.8, 4) is 5.75 Å². The fourth-order valence-corrected chi connectivity index (χ4v) is 2.81. The second-order valence-corrected chi connectivity index (χ2v) is 5.60. The van der Waals surface area contributed by atoms with Crippen LogP contribution in [0.1, 0.15) is 32.1 Å². The Morgan fingerprint density at radius 2 is 1.90 bits per heavy atom. The van der Waals surface area contributed by atoms with E-state index in [1.54, 1.807) is 0 Å². The zero-order chi connectivity index (χ0) is 14.4. The molecule has 0 aliphatic heterocycles. The van der Waals surface area contributed by atoms with Crippen LogP contribution < -0.4 is 15.8 Å². The molecule has 20 heavy (non-hydrogen) atoms. The molecular weight excluding hydrogens is 272 g/mol. The van der Waals surface area contributed by atoms with E-state index in [2.05, 4.69) is 5.32 Å². The molecule has 1 aromatic rings. The van der Waals surface area contributed by atoms with Gasteiger partial charge in [-0.25, -0.2) is 0 Å². The van der Waals surface area contributed by atoms with Crippen molar-refractivity contribution in [3.05, 3.63) is 30.3 Å². The normalized spacial score (nSPS) is 17.2. The molecule has 0 saturated heterocycles. The minimum Gasteiger partial charge on any atom is -0.484 e. The van der Waals surface area contributed by atoms with Gasteiger partial charge in [-0.2, -0.15) is 0 Å². The molecule has 0 aromatic heterocycles. The highest BCUT2D eigenvalue weighted by Crippen LogP contribution is 2.28. The van der Waals surface area contributed by atoms with E-state index in [9.17, 15) is 4.79 Å². The topological polar surface area (TPSA) is 64.3 Å². The van der Waals surface area contributed by atoms with Gasteiger partial charge in [0.15, 0.2) is 6.61 Å². The van der Waals surface area contributed by atoms with Crippen molar-refractivity contribution in [2.75, 3.05) is 6.61 Å². The molecule has 1 aliphatic carbocycles. The third-order valence-corrected chi connectivity index (χ3v) is 4.06. The van der Waals surface area contributed by atoms with E-state index in [0.717, 1.165) is 25.7 Å². The zero-order valence-corrected chi connectivity index (χ0v) is 12.2. The highest BCUT2D eigenvalue weighted by Gasteiger charge is 2.36. The van der Waals surface area contributed by atoms with E-state index in [0.29, 0.717) is 10.7 Å². The lowest BCUT2D eigenvalue weighted by Crippen LogP contribution is -2.58. The number of benzene rings is 1. The minimum atomic E-state index is -0.523. The molecule has 5 heteroatoms. The summed E-state index contributed by atoms with van der Waals surface area (Å²) in [7, 11) is 0. The zero-order valence-electron chi connectivity index (χ0n) is 11.4. The molecule has 0 spiro atoms. The number of carbonyl (C=O) groups excluding carboxylic acids is 1. The molecule has 4 nitrogen and oxygen atoms in total. The fourth-order valence-electron chi connectivity index (χ4n) is 2.56. The van der Waals surface area contributed by atoms with Crippen molar-refractivity contribution in [2.24, 2.45) is 5.73 Å². The van der Waals surface area contributed by atoms with Crippen LogP contribution in [0.5, 0.6) is 5.75 Å². The third kappa shape index (κ3) is 3.70. The van der Waals surface area contributed by atoms with E-state index < -0.39 is 5.54 Å². The first-order valence-corrected chi connectivity index (χ1v) is 7.32. The van der Waals surface area contributed by atoms with Gasteiger partial charge in [0.25, 0.3) is 5.91 Å². The van der Waals surface area contributed by atoms with Crippen molar-refractivity contribution in [1.82, 2.24) is 5.32 Å². The molecule has 1 saturated carbocycles. The number of thiocarbonyl (C=S) groups is 1. The molecule has 0 heterocycles. The molecule has 108 valence electrons. The molecule has 2 rings (SSSR count). The van der Waals surface area contributed by atoms with Crippen LogP contribution in [0.3, 0.4) is 0 Å². The average molecular weight is 292 g/mol. The number of nitrogens with one attached hydrogen (secondary N) is 1. The third-order valence-electron chi connectivity index (χ3n) is 3.67. The summed E-state index contributed by atoms with van der Waals surface area (Å²) < 4.78 is 5.44. The summed E-state index contributed by atoms with van der Waals surface area (Å²) >= 11 is 5.15. The van der Waals surface area contributed by atoms with Crippen LogP contribution in [-0.2, 0) is 4.79 Å². The van der Waals surface area contributed by atoms with Crippen LogP contribution in [0.4, 0.5) is 0 Å². The number of rotatable bonds is 5. The number of nitrogens with two attached hydrogens (primary N) is 1. The minimum absolute atomic E-state index is 0.0195. The predicted octanol–water partition coefficient (Wildman–Crippen LogP) is 2.17. The lowest BCUT2D eigenvalue weighted by molar-refractivity contribution is -0.124. The molecule has 1 aromatic carbocycles. The van der Waals surface area contributed by atoms with Crippen LogP contribution >= 0.6 is 12.2 Å². The average Bonchev–Trinajstić information content (AvgIpc) is 2.47. The molecule has 1 amide bonds. The smallest absolute Gasteiger partial charge is 0.258 e. The van der Waals surface area contributed by atoms with Gasteiger partial charge in [-0.05, 0) is 25.0 Å². The maximum absolute atomic E-state index is 12.0. The van der Waals surface area contributed by atoms with Crippen LogP contribution in [-0.4, -0.2) is 23.0 Å². The van der Waals surface area contributed by atoms with Crippen molar-refractivity contribution < 1.29 is 9.53 Å². The molecule has 0 bridgehead atoms.